The molecule has 0 amide bonds. The summed E-state index contributed by atoms with van der Waals surface area (Å²) in [5.41, 5.74) is -0.147. The highest BCUT2D eigenvalue weighted by Crippen LogP contribution is 2.26. The minimum atomic E-state index is -1.70. The van der Waals surface area contributed by atoms with Gasteiger partial charge in [-0.15, -0.1) is 0 Å². The maximum absolute atomic E-state index is 11.9. The molecule has 11 heteroatoms. The van der Waals surface area contributed by atoms with Crippen molar-refractivity contribution in [3.63, 3.8) is 0 Å². The van der Waals surface area contributed by atoms with Crippen LogP contribution in [0.15, 0.2) is 52.1 Å². The zero-order valence-corrected chi connectivity index (χ0v) is 15.9. The summed E-state index contributed by atoms with van der Waals surface area (Å²) < 4.78 is 20.4. The lowest BCUT2D eigenvalue weighted by Gasteiger charge is -2.39. The summed E-state index contributed by atoms with van der Waals surface area (Å²) in [6.07, 6.45) is -3.34. The summed E-state index contributed by atoms with van der Waals surface area (Å²) in [5.74, 6) is -1.79. The van der Waals surface area contributed by atoms with Crippen LogP contribution in [0.25, 0.3) is 6.08 Å². The number of esters is 1. The number of carbonyl (C=O) groups is 1. The number of phenols is 2. The van der Waals surface area contributed by atoms with Crippen molar-refractivity contribution < 1.29 is 49.0 Å². The SMILES string of the molecule is O=C(C=Cc1ccc(O)c(O)c1)OC[C@H]1O[C@@H](Oc2coccc2=O)[C@H](O)[C@@H](O)[C@@H]1O. The number of aliphatic hydroxyl groups excluding tert-OH is 3. The molecule has 5 atom stereocenters. The van der Waals surface area contributed by atoms with E-state index >= 15 is 0 Å². The third-order valence-corrected chi connectivity index (χ3v) is 4.43. The van der Waals surface area contributed by atoms with Crippen molar-refractivity contribution in [2.75, 3.05) is 6.61 Å². The quantitative estimate of drug-likeness (QED) is 0.224. The van der Waals surface area contributed by atoms with Crippen molar-refractivity contribution >= 4 is 12.0 Å². The van der Waals surface area contributed by atoms with Gasteiger partial charge in [0.05, 0.1) is 6.26 Å². The topological polar surface area (TPSA) is 176 Å². The van der Waals surface area contributed by atoms with Gasteiger partial charge in [0, 0.05) is 12.1 Å². The smallest absolute Gasteiger partial charge is 0.330 e. The van der Waals surface area contributed by atoms with Crippen LogP contribution in [0, 0.1) is 0 Å². The van der Waals surface area contributed by atoms with Crippen LogP contribution in [0.3, 0.4) is 0 Å². The molecule has 1 aliphatic rings. The fourth-order valence-electron chi connectivity index (χ4n) is 2.73. The van der Waals surface area contributed by atoms with Gasteiger partial charge in [0.15, 0.2) is 11.5 Å². The van der Waals surface area contributed by atoms with Crippen LogP contribution in [0.1, 0.15) is 5.56 Å². The molecule has 0 radical (unpaired) electrons. The fraction of sp³-hybridized carbons (Fsp3) is 0.300. The van der Waals surface area contributed by atoms with Crippen LogP contribution in [-0.2, 0) is 14.3 Å². The summed E-state index contributed by atoms with van der Waals surface area (Å²) in [6.45, 7) is -0.502. The molecule has 5 N–H and O–H groups in total. The Morgan fingerprint density at radius 1 is 1.06 bits per heavy atom. The van der Waals surface area contributed by atoms with Gasteiger partial charge in [-0.05, 0) is 23.8 Å². The number of aliphatic hydroxyl groups is 3. The minimum Gasteiger partial charge on any atom is -0.504 e. The normalized spacial score (nSPS) is 26.0. The van der Waals surface area contributed by atoms with Crippen molar-refractivity contribution in [2.45, 2.75) is 30.7 Å². The largest absolute Gasteiger partial charge is 0.504 e. The number of phenolic OH excluding ortho intramolecular Hbond substituents is 2. The molecule has 2 aromatic rings. The molecule has 1 saturated heterocycles. The van der Waals surface area contributed by atoms with E-state index in [9.17, 15) is 35.1 Å². The van der Waals surface area contributed by atoms with Crippen LogP contribution in [0.5, 0.6) is 17.2 Å². The third kappa shape index (κ3) is 5.41. The molecule has 0 bridgehead atoms. The van der Waals surface area contributed by atoms with Crippen molar-refractivity contribution in [2.24, 2.45) is 0 Å². The first-order chi connectivity index (χ1) is 14.8. The zero-order chi connectivity index (χ0) is 22.5. The number of aromatic hydroxyl groups is 2. The number of ether oxygens (including phenoxy) is 3. The second kappa shape index (κ2) is 9.62. The van der Waals surface area contributed by atoms with Gasteiger partial charge in [-0.2, -0.15) is 0 Å². The lowest BCUT2D eigenvalue weighted by atomic mass is 9.99. The Bertz CT molecular complexity index is 999. The molecule has 0 unspecified atom stereocenters. The average molecular weight is 436 g/mol. The Morgan fingerprint density at radius 2 is 1.84 bits per heavy atom. The van der Waals surface area contributed by atoms with E-state index in [-0.39, 0.29) is 17.2 Å². The zero-order valence-electron chi connectivity index (χ0n) is 15.9. The number of benzene rings is 1. The van der Waals surface area contributed by atoms with E-state index in [1.165, 1.54) is 24.3 Å². The van der Waals surface area contributed by atoms with Gasteiger partial charge in [0.1, 0.15) is 37.3 Å². The molecule has 0 spiro atoms. The van der Waals surface area contributed by atoms with Gasteiger partial charge in [-0.3, -0.25) is 4.79 Å². The number of rotatable bonds is 6. The van der Waals surface area contributed by atoms with Crippen molar-refractivity contribution in [3.05, 3.63) is 58.7 Å². The average Bonchev–Trinajstić information content (AvgIpc) is 2.75. The van der Waals surface area contributed by atoms with Gasteiger partial charge >= 0.3 is 5.97 Å². The van der Waals surface area contributed by atoms with Crippen LogP contribution in [0.4, 0.5) is 0 Å². The molecular formula is C20H20O11. The van der Waals surface area contributed by atoms with Crippen molar-refractivity contribution in [1.29, 1.82) is 0 Å². The predicted octanol–water partition coefficient (Wildman–Crippen LogP) is -0.506. The van der Waals surface area contributed by atoms with E-state index in [1.54, 1.807) is 0 Å². The molecule has 166 valence electrons. The fourth-order valence-corrected chi connectivity index (χ4v) is 2.73. The molecule has 1 aromatic heterocycles. The lowest BCUT2D eigenvalue weighted by molar-refractivity contribution is -0.278. The monoisotopic (exact) mass is 436 g/mol. The van der Waals surface area contributed by atoms with Gasteiger partial charge in [-0.1, -0.05) is 6.07 Å². The van der Waals surface area contributed by atoms with Crippen LogP contribution >= 0.6 is 0 Å². The van der Waals surface area contributed by atoms with E-state index in [4.69, 9.17) is 18.6 Å². The van der Waals surface area contributed by atoms with E-state index in [0.717, 1.165) is 24.7 Å². The minimum absolute atomic E-state index is 0.286. The van der Waals surface area contributed by atoms with Gasteiger partial charge in [-0.25, -0.2) is 4.79 Å². The van der Waals surface area contributed by atoms with E-state index in [1.807, 2.05) is 0 Å². The highest BCUT2D eigenvalue weighted by Gasteiger charge is 2.45. The van der Waals surface area contributed by atoms with E-state index in [0.29, 0.717) is 5.56 Å². The Kier molecular flexibility index (Phi) is 6.92. The Morgan fingerprint density at radius 3 is 2.55 bits per heavy atom. The number of hydrogen-bond donors (Lipinski definition) is 5. The van der Waals surface area contributed by atoms with Gasteiger partial charge < -0.3 is 44.2 Å². The molecule has 2 heterocycles. The lowest BCUT2D eigenvalue weighted by Crippen LogP contribution is -2.60. The van der Waals surface area contributed by atoms with Gasteiger partial charge in [0.2, 0.25) is 17.5 Å². The second-order valence-electron chi connectivity index (χ2n) is 6.63. The molecular weight excluding hydrogens is 416 g/mol. The molecule has 1 aliphatic heterocycles. The molecule has 1 aromatic carbocycles. The van der Waals surface area contributed by atoms with E-state index < -0.39 is 48.7 Å². The maximum Gasteiger partial charge on any atom is 0.330 e. The second-order valence-corrected chi connectivity index (χ2v) is 6.63. The first-order valence-corrected chi connectivity index (χ1v) is 9.06. The van der Waals surface area contributed by atoms with Crippen LogP contribution < -0.4 is 10.2 Å². The van der Waals surface area contributed by atoms with Crippen molar-refractivity contribution in [1.82, 2.24) is 0 Å². The Hall–Kier alpha value is -3.38. The number of carbonyl (C=O) groups excluding carboxylic acids is 1. The van der Waals surface area contributed by atoms with Crippen LogP contribution in [-0.4, -0.2) is 68.8 Å². The summed E-state index contributed by atoms with van der Waals surface area (Å²) in [5, 5.41) is 48.9. The predicted molar refractivity (Wildman–Crippen MR) is 102 cm³/mol. The standard InChI is InChI=1S/C20H20O11/c21-11-3-1-10(7-13(11)23)2-4-16(24)29-9-15-17(25)18(26)19(27)20(31-15)30-14-8-28-6-5-12(14)22/h1-8,15,17-21,23,25-27H,9H2/t15-,17-,18+,19-,20-/m1/s1. The highest BCUT2D eigenvalue weighted by molar-refractivity contribution is 5.87. The maximum atomic E-state index is 11.9. The first kappa shape index (κ1) is 22.3. The Balaban J connectivity index is 1.61. The highest BCUT2D eigenvalue weighted by atomic mass is 16.7. The molecule has 0 saturated carbocycles. The number of hydrogen-bond acceptors (Lipinski definition) is 11. The summed E-state index contributed by atoms with van der Waals surface area (Å²) in [7, 11) is 0. The summed E-state index contributed by atoms with van der Waals surface area (Å²) >= 11 is 0. The summed E-state index contributed by atoms with van der Waals surface area (Å²) in [6, 6.07) is 5.00. The molecule has 31 heavy (non-hydrogen) atoms. The van der Waals surface area contributed by atoms with Crippen molar-refractivity contribution in [3.8, 4) is 17.2 Å². The Labute approximate surface area is 175 Å². The third-order valence-electron chi connectivity index (χ3n) is 4.43. The molecule has 3 rings (SSSR count). The van der Waals surface area contributed by atoms with Crippen LogP contribution in [0.2, 0.25) is 0 Å². The summed E-state index contributed by atoms with van der Waals surface area (Å²) in [4.78, 5) is 23.7. The molecule has 11 nitrogen and oxygen atoms in total. The first-order valence-electron chi connectivity index (χ1n) is 9.06. The molecule has 1 fully saturated rings. The van der Waals surface area contributed by atoms with Gasteiger partial charge in [0.25, 0.3) is 0 Å². The molecule has 0 aliphatic carbocycles. The van der Waals surface area contributed by atoms with E-state index in [2.05, 4.69) is 0 Å².